The third kappa shape index (κ3) is 13.6. The molecule has 0 aliphatic carbocycles. The molecule has 0 bridgehead atoms. The smallest absolute Gasteiger partial charge is 0.147 e. The Morgan fingerprint density at radius 2 is 2.00 bits per heavy atom. The van der Waals surface area contributed by atoms with Crippen molar-refractivity contribution in [2.45, 2.75) is 40.0 Å². The van der Waals surface area contributed by atoms with E-state index in [9.17, 15) is 8.42 Å². The maximum atomic E-state index is 10.9. The average Bonchev–Trinajstić information content (AvgIpc) is 2.14. The monoisotopic (exact) mass is 261 g/mol. The number of nitrogens with one attached hydrogen (secondary N) is 1. The zero-order chi connectivity index (χ0) is 13.3. The summed E-state index contributed by atoms with van der Waals surface area (Å²) in [5, 5.41) is 3.38. The van der Waals surface area contributed by atoms with Crippen molar-refractivity contribution in [3.63, 3.8) is 0 Å². The summed E-state index contributed by atoms with van der Waals surface area (Å²) in [6.07, 6.45) is 6.15. The van der Waals surface area contributed by atoms with Crippen molar-refractivity contribution in [2.75, 3.05) is 25.1 Å². The summed E-state index contributed by atoms with van der Waals surface area (Å²) in [4.78, 5) is 0. The Morgan fingerprint density at radius 1 is 1.35 bits per heavy atom. The minimum absolute atomic E-state index is 0.295. The van der Waals surface area contributed by atoms with Crippen LogP contribution in [0.1, 0.15) is 40.0 Å². The molecule has 0 aromatic rings. The fourth-order valence-corrected chi connectivity index (χ4v) is 2.20. The molecule has 0 aromatic carbocycles. The van der Waals surface area contributed by atoms with Crippen LogP contribution in [0.25, 0.3) is 0 Å². The molecule has 0 saturated heterocycles. The largest absolute Gasteiger partial charge is 0.316 e. The standard InChI is InChI=1S/C13H27NO2S/c1-12(2)11-14-9-5-7-13(3)8-6-10-17(4,15)16/h7,12,14H,5-6,8-11H2,1-4H3. The summed E-state index contributed by atoms with van der Waals surface area (Å²) in [6.45, 7) is 8.52. The second-order valence-corrected chi connectivity index (χ2v) is 7.43. The fourth-order valence-electron chi connectivity index (χ4n) is 1.53. The highest BCUT2D eigenvalue weighted by Crippen LogP contribution is 2.06. The molecule has 0 atom stereocenters. The van der Waals surface area contributed by atoms with Crippen molar-refractivity contribution >= 4 is 9.84 Å². The molecule has 0 fully saturated rings. The summed E-state index contributed by atoms with van der Waals surface area (Å²) < 4.78 is 21.9. The van der Waals surface area contributed by atoms with Gasteiger partial charge in [0.25, 0.3) is 0 Å². The zero-order valence-electron chi connectivity index (χ0n) is 11.6. The predicted octanol–water partition coefficient (Wildman–Crippen LogP) is 2.39. The molecule has 0 amide bonds. The van der Waals surface area contributed by atoms with Gasteiger partial charge in [-0.3, -0.25) is 0 Å². The lowest BCUT2D eigenvalue weighted by Crippen LogP contribution is -2.20. The van der Waals surface area contributed by atoms with E-state index < -0.39 is 9.84 Å². The van der Waals surface area contributed by atoms with E-state index in [-0.39, 0.29) is 0 Å². The number of hydrogen-bond donors (Lipinski definition) is 1. The molecule has 0 spiro atoms. The average molecular weight is 261 g/mol. The van der Waals surface area contributed by atoms with Gasteiger partial charge in [0.2, 0.25) is 0 Å². The minimum atomic E-state index is -2.80. The van der Waals surface area contributed by atoms with Crippen LogP contribution in [0.4, 0.5) is 0 Å². The van der Waals surface area contributed by atoms with E-state index in [1.165, 1.54) is 11.8 Å². The lowest BCUT2D eigenvalue weighted by molar-refractivity contribution is 0.556. The van der Waals surface area contributed by atoms with E-state index in [1.54, 1.807) is 0 Å². The van der Waals surface area contributed by atoms with Gasteiger partial charge in [-0.25, -0.2) is 8.42 Å². The van der Waals surface area contributed by atoms with Gasteiger partial charge in [-0.15, -0.1) is 0 Å². The highest BCUT2D eigenvalue weighted by Gasteiger charge is 2.01. The second-order valence-electron chi connectivity index (χ2n) is 5.17. The normalized spacial score (nSPS) is 13.4. The Hall–Kier alpha value is -0.350. The second kappa shape index (κ2) is 8.70. The van der Waals surface area contributed by atoms with Crippen LogP contribution < -0.4 is 5.32 Å². The third-order valence-corrected chi connectivity index (χ3v) is 3.48. The number of sulfone groups is 1. The Balaban J connectivity index is 3.58. The molecule has 0 unspecified atom stereocenters. The van der Waals surface area contributed by atoms with Gasteiger partial charge in [-0.1, -0.05) is 25.5 Å². The van der Waals surface area contributed by atoms with Gasteiger partial charge < -0.3 is 5.32 Å². The summed E-state index contributed by atoms with van der Waals surface area (Å²) in [6, 6.07) is 0. The van der Waals surface area contributed by atoms with E-state index in [4.69, 9.17) is 0 Å². The fraction of sp³-hybridized carbons (Fsp3) is 0.846. The Morgan fingerprint density at radius 3 is 2.53 bits per heavy atom. The summed E-state index contributed by atoms with van der Waals surface area (Å²) in [5.74, 6) is 0.985. The molecule has 0 aliphatic rings. The molecule has 0 aromatic heterocycles. The molecule has 0 saturated carbocycles. The molecule has 0 rings (SSSR count). The minimum Gasteiger partial charge on any atom is -0.316 e. The van der Waals surface area contributed by atoms with Crippen molar-refractivity contribution in [3.8, 4) is 0 Å². The van der Waals surface area contributed by atoms with Gasteiger partial charge in [-0.05, 0) is 45.2 Å². The van der Waals surface area contributed by atoms with Crippen molar-refractivity contribution in [1.82, 2.24) is 5.32 Å². The van der Waals surface area contributed by atoms with Crippen LogP contribution in [0.3, 0.4) is 0 Å². The topological polar surface area (TPSA) is 46.2 Å². The molecule has 4 heteroatoms. The van der Waals surface area contributed by atoms with Crippen LogP contribution in [0, 0.1) is 5.92 Å². The predicted molar refractivity (Wildman–Crippen MR) is 75.0 cm³/mol. The first kappa shape index (κ1) is 16.6. The summed E-state index contributed by atoms with van der Waals surface area (Å²) >= 11 is 0. The molecule has 102 valence electrons. The van der Waals surface area contributed by atoms with Crippen molar-refractivity contribution in [2.24, 2.45) is 5.92 Å². The Bertz CT molecular complexity index is 318. The van der Waals surface area contributed by atoms with E-state index >= 15 is 0 Å². The van der Waals surface area contributed by atoms with Gasteiger partial charge >= 0.3 is 0 Å². The molecular weight excluding hydrogens is 234 g/mol. The molecule has 17 heavy (non-hydrogen) atoms. The highest BCUT2D eigenvalue weighted by molar-refractivity contribution is 7.90. The first-order chi connectivity index (χ1) is 7.81. The van der Waals surface area contributed by atoms with E-state index in [0.717, 1.165) is 32.4 Å². The van der Waals surface area contributed by atoms with Gasteiger partial charge in [-0.2, -0.15) is 0 Å². The zero-order valence-corrected chi connectivity index (χ0v) is 12.4. The highest BCUT2D eigenvalue weighted by atomic mass is 32.2. The van der Waals surface area contributed by atoms with E-state index in [2.05, 4.69) is 32.2 Å². The van der Waals surface area contributed by atoms with Crippen molar-refractivity contribution in [3.05, 3.63) is 11.6 Å². The van der Waals surface area contributed by atoms with Crippen molar-refractivity contribution in [1.29, 1.82) is 0 Å². The number of allylic oxidation sites excluding steroid dienone is 1. The van der Waals surface area contributed by atoms with Crippen LogP contribution in [0.5, 0.6) is 0 Å². The lowest BCUT2D eigenvalue weighted by Gasteiger charge is -2.06. The Labute approximate surface area is 107 Å². The first-order valence-electron chi connectivity index (χ1n) is 6.35. The molecule has 1 N–H and O–H groups in total. The Kier molecular flexibility index (Phi) is 8.52. The van der Waals surface area contributed by atoms with Gasteiger partial charge in [0.15, 0.2) is 0 Å². The molecule has 3 nitrogen and oxygen atoms in total. The van der Waals surface area contributed by atoms with Crippen molar-refractivity contribution < 1.29 is 8.42 Å². The quantitative estimate of drug-likeness (QED) is 0.512. The van der Waals surface area contributed by atoms with Crippen LogP contribution in [0.15, 0.2) is 11.6 Å². The third-order valence-electron chi connectivity index (χ3n) is 2.45. The summed E-state index contributed by atoms with van der Waals surface area (Å²) in [5.41, 5.74) is 1.29. The van der Waals surface area contributed by atoms with Crippen LogP contribution >= 0.6 is 0 Å². The molecular formula is C13H27NO2S. The number of rotatable bonds is 9. The van der Waals surface area contributed by atoms with Gasteiger partial charge in [0.05, 0.1) is 5.75 Å². The number of hydrogen-bond acceptors (Lipinski definition) is 3. The molecule has 0 aliphatic heterocycles. The first-order valence-corrected chi connectivity index (χ1v) is 8.41. The van der Waals surface area contributed by atoms with Gasteiger partial charge in [0.1, 0.15) is 9.84 Å². The van der Waals surface area contributed by atoms with Gasteiger partial charge in [0, 0.05) is 6.26 Å². The van der Waals surface area contributed by atoms with E-state index in [0.29, 0.717) is 11.7 Å². The molecule has 0 radical (unpaired) electrons. The van der Waals surface area contributed by atoms with E-state index in [1.807, 2.05) is 0 Å². The van der Waals surface area contributed by atoms with Crippen LogP contribution in [-0.2, 0) is 9.84 Å². The summed E-state index contributed by atoms with van der Waals surface area (Å²) in [7, 11) is -2.80. The molecule has 0 heterocycles. The SMILES string of the molecule is CC(=CCCNCC(C)C)CCCS(C)(=O)=O. The van der Waals surface area contributed by atoms with Crippen LogP contribution in [0.2, 0.25) is 0 Å². The lowest BCUT2D eigenvalue weighted by atomic mass is 10.1. The maximum Gasteiger partial charge on any atom is 0.147 e. The maximum absolute atomic E-state index is 10.9. The van der Waals surface area contributed by atoms with Crippen LogP contribution in [-0.4, -0.2) is 33.5 Å².